The van der Waals surface area contributed by atoms with E-state index in [9.17, 15) is 0 Å². The lowest BCUT2D eigenvalue weighted by Gasteiger charge is -2.38. The maximum atomic E-state index is 6.19. The highest BCUT2D eigenvalue weighted by Gasteiger charge is 2.24. The maximum absolute atomic E-state index is 6.19. The number of nitrogens with one attached hydrogen (secondary N) is 2. The summed E-state index contributed by atoms with van der Waals surface area (Å²) in [5, 5.41) is 19.0. The first kappa shape index (κ1) is 26.2. The van der Waals surface area contributed by atoms with Crippen molar-refractivity contribution in [2.24, 2.45) is 5.92 Å². The Labute approximate surface area is 241 Å². The van der Waals surface area contributed by atoms with Crippen molar-refractivity contribution in [1.29, 1.82) is 0 Å². The Bertz CT molecular complexity index is 1640. The number of hydrogen-bond donors (Lipinski definition) is 2. The molecule has 3 heterocycles. The van der Waals surface area contributed by atoms with E-state index in [1.807, 2.05) is 0 Å². The first-order valence-corrected chi connectivity index (χ1v) is 15.4. The Morgan fingerprint density at radius 1 is 0.805 bits per heavy atom. The molecule has 2 fully saturated rings. The average Bonchev–Trinajstić information content (AvgIpc) is 3.76. The molecule has 0 amide bonds. The van der Waals surface area contributed by atoms with Gasteiger partial charge in [-0.05, 0) is 79.8 Å². The predicted octanol–water partition coefficient (Wildman–Crippen LogP) is 7.54. The maximum Gasteiger partial charge on any atom is 0.181 e. The minimum absolute atomic E-state index is 0.640. The summed E-state index contributed by atoms with van der Waals surface area (Å²) in [7, 11) is 0. The molecule has 1 aliphatic heterocycles. The van der Waals surface area contributed by atoms with Gasteiger partial charge in [-0.3, -0.25) is 15.1 Å². The van der Waals surface area contributed by atoms with E-state index in [4.69, 9.17) is 14.8 Å². The monoisotopic (exact) mass is 548 g/mol. The number of ether oxygens (including phenoxy) is 1. The lowest BCUT2D eigenvalue weighted by Crippen LogP contribution is -2.45. The molecule has 41 heavy (non-hydrogen) atoms. The van der Waals surface area contributed by atoms with Gasteiger partial charge in [-0.1, -0.05) is 50.3 Å². The second-order valence-electron chi connectivity index (χ2n) is 12.2. The molecule has 0 bridgehead atoms. The van der Waals surface area contributed by atoms with E-state index in [0.717, 1.165) is 64.0 Å². The summed E-state index contributed by atoms with van der Waals surface area (Å²) in [5.41, 5.74) is 4.03. The lowest BCUT2D eigenvalue weighted by molar-refractivity contribution is 0.0852. The minimum atomic E-state index is 0.640. The van der Waals surface area contributed by atoms with Crippen LogP contribution in [-0.4, -0.2) is 55.5 Å². The van der Waals surface area contributed by atoms with Crippen LogP contribution in [0.3, 0.4) is 0 Å². The molecule has 1 saturated carbocycles. The molecule has 7 heteroatoms. The number of H-pyrrole nitrogens is 2. The SMILES string of the molecule is C[C@@H]1CCC[C@H](C)N1CCOc1ccc2cc(-c3n[nH]c4ccc(-c5n[nH]c(CC6CCCC6)n5)cc34)ccc2c1. The minimum Gasteiger partial charge on any atom is -0.492 e. The van der Waals surface area contributed by atoms with Crippen molar-refractivity contribution in [2.45, 2.75) is 77.3 Å². The van der Waals surface area contributed by atoms with Gasteiger partial charge in [0.15, 0.2) is 5.82 Å². The second kappa shape index (κ2) is 11.3. The number of piperidine rings is 1. The van der Waals surface area contributed by atoms with E-state index in [0.29, 0.717) is 18.7 Å². The number of hydrogen-bond acceptors (Lipinski definition) is 5. The first-order valence-electron chi connectivity index (χ1n) is 15.4. The van der Waals surface area contributed by atoms with E-state index >= 15 is 0 Å². The van der Waals surface area contributed by atoms with Gasteiger partial charge in [0.25, 0.3) is 0 Å². The molecule has 2 atom stereocenters. The predicted molar refractivity (Wildman–Crippen MR) is 165 cm³/mol. The Hall–Kier alpha value is -3.71. The van der Waals surface area contributed by atoms with E-state index < -0.39 is 0 Å². The topological polar surface area (TPSA) is 82.7 Å². The summed E-state index contributed by atoms with van der Waals surface area (Å²) < 4.78 is 6.19. The highest BCUT2D eigenvalue weighted by molar-refractivity contribution is 5.97. The van der Waals surface area contributed by atoms with Crippen molar-refractivity contribution in [3.8, 4) is 28.4 Å². The number of aromatic nitrogens is 5. The fraction of sp³-hybridized carbons (Fsp3) is 0.441. The van der Waals surface area contributed by atoms with Crippen LogP contribution in [0.5, 0.6) is 5.75 Å². The summed E-state index contributed by atoms with van der Waals surface area (Å²) in [6.45, 7) is 6.37. The van der Waals surface area contributed by atoms with Crippen molar-refractivity contribution in [3.63, 3.8) is 0 Å². The number of aromatic amines is 2. The van der Waals surface area contributed by atoms with Crippen LogP contribution in [0.4, 0.5) is 0 Å². The Morgan fingerprint density at radius 2 is 1.59 bits per heavy atom. The van der Waals surface area contributed by atoms with E-state index in [1.54, 1.807) is 0 Å². The zero-order valence-electron chi connectivity index (χ0n) is 24.2. The first-order chi connectivity index (χ1) is 20.1. The third-order valence-corrected chi connectivity index (χ3v) is 9.39. The molecule has 7 rings (SSSR count). The van der Waals surface area contributed by atoms with Gasteiger partial charge in [-0.2, -0.15) is 10.2 Å². The van der Waals surface area contributed by atoms with Crippen LogP contribution < -0.4 is 4.74 Å². The molecule has 0 unspecified atom stereocenters. The van der Waals surface area contributed by atoms with Crippen molar-refractivity contribution in [1.82, 2.24) is 30.3 Å². The van der Waals surface area contributed by atoms with Crippen molar-refractivity contribution in [2.75, 3.05) is 13.2 Å². The molecule has 2 aromatic heterocycles. The van der Waals surface area contributed by atoms with Gasteiger partial charge in [0, 0.05) is 41.6 Å². The highest BCUT2D eigenvalue weighted by atomic mass is 16.5. The fourth-order valence-electron chi connectivity index (χ4n) is 7.02. The molecule has 0 radical (unpaired) electrons. The van der Waals surface area contributed by atoms with Gasteiger partial charge in [0.1, 0.15) is 18.2 Å². The molecule has 2 aliphatic rings. The summed E-state index contributed by atoms with van der Waals surface area (Å²) in [4.78, 5) is 7.42. The molecular weight excluding hydrogens is 508 g/mol. The van der Waals surface area contributed by atoms with Crippen LogP contribution in [0.1, 0.15) is 64.6 Å². The average molecular weight is 549 g/mol. The number of rotatable bonds is 8. The summed E-state index contributed by atoms with van der Waals surface area (Å²) in [5.74, 6) is 3.41. The van der Waals surface area contributed by atoms with E-state index in [2.05, 4.69) is 88.6 Å². The standard InChI is InChI=1S/C34H40N6O/c1-22-6-5-7-23(2)40(22)16-17-41-29-14-12-25-19-27(11-10-26(25)20-29)33-30-21-28(13-15-31(30)36-38-33)34-35-32(37-39-34)18-24-8-3-4-9-24/h10-15,19-24H,3-9,16-18H2,1-2H3,(H,36,38)(H,35,37,39)/t22-,23+. The van der Waals surface area contributed by atoms with Crippen molar-refractivity contribution in [3.05, 3.63) is 60.4 Å². The molecule has 5 aromatic rings. The third kappa shape index (κ3) is 5.47. The highest BCUT2D eigenvalue weighted by Crippen LogP contribution is 2.33. The van der Waals surface area contributed by atoms with Crippen LogP contribution in [0.25, 0.3) is 44.3 Å². The van der Waals surface area contributed by atoms with Crippen LogP contribution in [-0.2, 0) is 6.42 Å². The van der Waals surface area contributed by atoms with Gasteiger partial charge in [0.05, 0.1) is 11.2 Å². The largest absolute Gasteiger partial charge is 0.492 e. The second-order valence-corrected chi connectivity index (χ2v) is 12.2. The zero-order chi connectivity index (χ0) is 27.8. The van der Waals surface area contributed by atoms with E-state index in [-0.39, 0.29) is 0 Å². The Balaban J connectivity index is 1.08. The van der Waals surface area contributed by atoms with Crippen molar-refractivity contribution >= 4 is 21.7 Å². The molecule has 3 aromatic carbocycles. The van der Waals surface area contributed by atoms with Crippen LogP contribution in [0.15, 0.2) is 54.6 Å². The third-order valence-electron chi connectivity index (χ3n) is 9.39. The summed E-state index contributed by atoms with van der Waals surface area (Å²) in [6.07, 6.45) is 10.2. The van der Waals surface area contributed by atoms with Crippen LogP contribution in [0.2, 0.25) is 0 Å². The van der Waals surface area contributed by atoms with Gasteiger partial charge < -0.3 is 4.74 Å². The quantitative estimate of drug-likeness (QED) is 0.209. The molecule has 212 valence electrons. The molecule has 0 spiro atoms. The Kier molecular flexibility index (Phi) is 7.21. The lowest BCUT2D eigenvalue weighted by atomic mass is 9.98. The Morgan fingerprint density at radius 3 is 2.44 bits per heavy atom. The van der Waals surface area contributed by atoms with Crippen LogP contribution >= 0.6 is 0 Å². The number of likely N-dealkylation sites (tertiary alicyclic amines) is 1. The fourth-order valence-corrected chi connectivity index (χ4v) is 7.02. The van der Waals surface area contributed by atoms with Gasteiger partial charge >= 0.3 is 0 Å². The summed E-state index contributed by atoms with van der Waals surface area (Å²) in [6, 6.07) is 20.5. The number of benzene rings is 3. The van der Waals surface area contributed by atoms with Gasteiger partial charge in [-0.25, -0.2) is 4.98 Å². The smallest absolute Gasteiger partial charge is 0.181 e. The van der Waals surface area contributed by atoms with Crippen LogP contribution in [0, 0.1) is 5.92 Å². The molecule has 2 N–H and O–H groups in total. The molecular formula is C34H40N6O. The number of fused-ring (bicyclic) bond motifs is 2. The zero-order valence-corrected chi connectivity index (χ0v) is 24.2. The summed E-state index contributed by atoms with van der Waals surface area (Å²) >= 11 is 0. The van der Waals surface area contributed by atoms with Crippen molar-refractivity contribution < 1.29 is 4.74 Å². The van der Waals surface area contributed by atoms with E-state index in [1.165, 1.54) is 55.7 Å². The molecule has 1 saturated heterocycles. The molecule has 1 aliphatic carbocycles. The normalized spacial score (nSPS) is 20.3. The molecule has 7 nitrogen and oxygen atoms in total. The van der Waals surface area contributed by atoms with Gasteiger partial charge in [0.2, 0.25) is 0 Å². The van der Waals surface area contributed by atoms with Gasteiger partial charge in [-0.15, -0.1) is 0 Å². The number of nitrogens with zero attached hydrogens (tertiary/aromatic N) is 4.